The maximum atomic E-state index is 13.4. The summed E-state index contributed by atoms with van der Waals surface area (Å²) in [6, 6.07) is 10.7. The Bertz CT molecular complexity index is 593. The lowest BCUT2D eigenvalue weighted by Crippen LogP contribution is -2.10. The molecule has 0 saturated heterocycles. The minimum atomic E-state index is -0.211. The molecule has 5 heteroatoms. The van der Waals surface area contributed by atoms with Crippen molar-refractivity contribution in [2.45, 2.75) is 19.4 Å². The smallest absolute Gasteiger partial charge is 0.123 e. The number of hydrogen-bond donors (Lipinski definition) is 1. The largest absolute Gasteiger partial charge is 0.376 e. The van der Waals surface area contributed by atoms with Crippen molar-refractivity contribution in [1.29, 1.82) is 0 Å². The highest BCUT2D eigenvalue weighted by molar-refractivity contribution is 9.11. The van der Waals surface area contributed by atoms with Crippen LogP contribution >= 0.6 is 47.8 Å². The van der Waals surface area contributed by atoms with Gasteiger partial charge in [0, 0.05) is 13.4 Å². The number of halogens is 4. The van der Waals surface area contributed by atoms with E-state index in [1.165, 1.54) is 6.07 Å². The summed E-state index contributed by atoms with van der Waals surface area (Å²) in [6.45, 7) is 2.07. The van der Waals surface area contributed by atoms with Gasteiger partial charge >= 0.3 is 0 Å². The summed E-state index contributed by atoms with van der Waals surface area (Å²) in [7, 11) is 0. The molecule has 0 bridgehead atoms. The highest BCUT2D eigenvalue weighted by Crippen LogP contribution is 2.37. The fourth-order valence-corrected chi connectivity index (χ4v) is 4.49. The minimum Gasteiger partial charge on any atom is -0.376 e. The van der Waals surface area contributed by atoms with Gasteiger partial charge in [-0.05, 0) is 68.1 Å². The molecule has 106 valence electrons. The molecule has 0 aromatic heterocycles. The van der Waals surface area contributed by atoms with Crippen LogP contribution in [-0.2, 0) is 0 Å². The molecule has 0 saturated carbocycles. The second-order valence-electron chi connectivity index (χ2n) is 4.40. The van der Waals surface area contributed by atoms with E-state index in [4.69, 9.17) is 0 Å². The zero-order valence-electron chi connectivity index (χ0n) is 10.8. The summed E-state index contributed by atoms with van der Waals surface area (Å²) >= 11 is 10.5. The quantitative estimate of drug-likeness (QED) is 0.531. The summed E-state index contributed by atoms with van der Waals surface area (Å²) in [5.41, 5.74) is 1.90. The van der Waals surface area contributed by atoms with E-state index in [-0.39, 0.29) is 11.9 Å². The van der Waals surface area contributed by atoms with Gasteiger partial charge in [0.15, 0.2) is 0 Å². The van der Waals surface area contributed by atoms with Crippen molar-refractivity contribution < 1.29 is 4.39 Å². The van der Waals surface area contributed by atoms with Gasteiger partial charge in [0.05, 0.1) is 11.7 Å². The monoisotopic (exact) mass is 463 g/mol. The third kappa shape index (κ3) is 3.83. The molecule has 2 aromatic rings. The summed E-state index contributed by atoms with van der Waals surface area (Å²) in [4.78, 5) is 0. The molecule has 2 aromatic carbocycles. The van der Waals surface area contributed by atoms with Crippen LogP contribution in [0, 0.1) is 5.82 Å². The van der Waals surface area contributed by atoms with Crippen LogP contribution in [0.2, 0.25) is 0 Å². The Morgan fingerprint density at radius 1 is 1.10 bits per heavy atom. The molecular weight excluding hydrogens is 453 g/mol. The van der Waals surface area contributed by atoms with E-state index in [0.29, 0.717) is 0 Å². The molecule has 0 spiro atoms. The van der Waals surface area contributed by atoms with Gasteiger partial charge in [-0.25, -0.2) is 4.39 Å². The van der Waals surface area contributed by atoms with E-state index in [9.17, 15) is 4.39 Å². The SMILES string of the molecule is CCC(Nc1c(Br)cc(Br)cc1Br)c1cccc(F)c1. The van der Waals surface area contributed by atoms with E-state index in [1.807, 2.05) is 18.2 Å². The fraction of sp³-hybridized carbons (Fsp3) is 0.200. The predicted molar refractivity (Wildman–Crippen MR) is 92.6 cm³/mol. The Morgan fingerprint density at radius 2 is 1.75 bits per heavy atom. The molecule has 0 fully saturated rings. The summed E-state index contributed by atoms with van der Waals surface area (Å²) in [5, 5.41) is 3.45. The number of benzene rings is 2. The molecule has 0 aliphatic heterocycles. The van der Waals surface area contributed by atoms with E-state index in [2.05, 4.69) is 60.0 Å². The zero-order valence-corrected chi connectivity index (χ0v) is 15.5. The Morgan fingerprint density at radius 3 is 2.30 bits per heavy atom. The van der Waals surface area contributed by atoms with Crippen LogP contribution in [0.1, 0.15) is 24.9 Å². The Balaban J connectivity index is 2.32. The maximum Gasteiger partial charge on any atom is 0.123 e. The number of anilines is 1. The highest BCUT2D eigenvalue weighted by atomic mass is 79.9. The van der Waals surface area contributed by atoms with Gasteiger partial charge in [-0.2, -0.15) is 0 Å². The molecule has 1 unspecified atom stereocenters. The van der Waals surface area contributed by atoms with Crippen LogP contribution in [0.4, 0.5) is 10.1 Å². The second-order valence-corrected chi connectivity index (χ2v) is 7.03. The van der Waals surface area contributed by atoms with Crippen LogP contribution < -0.4 is 5.32 Å². The molecule has 0 heterocycles. The van der Waals surface area contributed by atoms with E-state index in [0.717, 1.165) is 31.1 Å². The van der Waals surface area contributed by atoms with Gasteiger partial charge < -0.3 is 5.32 Å². The molecule has 0 radical (unpaired) electrons. The molecule has 20 heavy (non-hydrogen) atoms. The maximum absolute atomic E-state index is 13.4. The molecule has 1 nitrogen and oxygen atoms in total. The third-order valence-corrected chi connectivity index (χ3v) is 4.69. The van der Waals surface area contributed by atoms with Gasteiger partial charge in [-0.3, -0.25) is 0 Å². The van der Waals surface area contributed by atoms with Crippen LogP contribution in [0.5, 0.6) is 0 Å². The zero-order chi connectivity index (χ0) is 14.7. The second kappa shape index (κ2) is 7.05. The third-order valence-electron chi connectivity index (χ3n) is 2.98. The van der Waals surface area contributed by atoms with Gasteiger partial charge in [0.1, 0.15) is 5.82 Å². The summed E-state index contributed by atoms with van der Waals surface area (Å²) < 4.78 is 16.3. The topological polar surface area (TPSA) is 12.0 Å². The van der Waals surface area contributed by atoms with Crippen molar-refractivity contribution in [3.8, 4) is 0 Å². The summed E-state index contributed by atoms with van der Waals surface area (Å²) in [6.07, 6.45) is 0.860. The number of nitrogens with one attached hydrogen (secondary N) is 1. The van der Waals surface area contributed by atoms with E-state index in [1.54, 1.807) is 12.1 Å². The molecule has 2 rings (SSSR count). The Labute approximate surface area is 143 Å². The summed E-state index contributed by atoms with van der Waals surface area (Å²) in [5.74, 6) is -0.211. The van der Waals surface area contributed by atoms with Crippen molar-refractivity contribution in [2.24, 2.45) is 0 Å². The molecule has 1 atom stereocenters. The Kier molecular flexibility index (Phi) is 5.64. The standard InChI is InChI=1S/C15H13Br3FN/c1-2-14(9-4-3-5-11(19)6-9)20-15-12(17)7-10(16)8-13(15)18/h3-8,14,20H,2H2,1H3. The van der Waals surface area contributed by atoms with Crippen molar-refractivity contribution in [2.75, 3.05) is 5.32 Å². The average Bonchev–Trinajstić information content (AvgIpc) is 2.38. The van der Waals surface area contributed by atoms with Gasteiger partial charge in [0.2, 0.25) is 0 Å². The lowest BCUT2D eigenvalue weighted by molar-refractivity contribution is 0.620. The first-order valence-corrected chi connectivity index (χ1v) is 8.55. The van der Waals surface area contributed by atoms with Crippen molar-refractivity contribution in [3.05, 3.63) is 61.2 Å². The predicted octanol–water partition coefficient (Wildman–Crippen LogP) is 6.68. The van der Waals surface area contributed by atoms with Crippen molar-refractivity contribution in [1.82, 2.24) is 0 Å². The minimum absolute atomic E-state index is 0.0551. The normalized spacial score (nSPS) is 12.2. The molecule has 1 N–H and O–H groups in total. The molecule has 0 amide bonds. The van der Waals surface area contributed by atoms with Crippen LogP contribution in [0.3, 0.4) is 0 Å². The highest BCUT2D eigenvalue weighted by Gasteiger charge is 2.14. The molecular formula is C15H13Br3FN. The van der Waals surface area contributed by atoms with Crippen LogP contribution in [0.25, 0.3) is 0 Å². The number of hydrogen-bond acceptors (Lipinski definition) is 1. The lowest BCUT2D eigenvalue weighted by atomic mass is 10.0. The first-order valence-electron chi connectivity index (χ1n) is 6.17. The van der Waals surface area contributed by atoms with Crippen molar-refractivity contribution >= 4 is 53.5 Å². The van der Waals surface area contributed by atoms with Crippen LogP contribution in [0.15, 0.2) is 49.8 Å². The molecule has 0 aliphatic rings. The van der Waals surface area contributed by atoms with Crippen LogP contribution in [-0.4, -0.2) is 0 Å². The lowest BCUT2D eigenvalue weighted by Gasteiger charge is -2.21. The van der Waals surface area contributed by atoms with Gasteiger partial charge in [0.25, 0.3) is 0 Å². The Hall–Kier alpha value is -0.390. The first-order chi connectivity index (χ1) is 9.51. The molecule has 0 aliphatic carbocycles. The average molecular weight is 466 g/mol. The fourth-order valence-electron chi connectivity index (χ4n) is 2.00. The van der Waals surface area contributed by atoms with Crippen molar-refractivity contribution in [3.63, 3.8) is 0 Å². The first kappa shape index (κ1) is 16.0. The number of rotatable bonds is 4. The van der Waals surface area contributed by atoms with Gasteiger partial charge in [-0.1, -0.05) is 35.0 Å². The van der Waals surface area contributed by atoms with E-state index >= 15 is 0 Å². The van der Waals surface area contributed by atoms with E-state index < -0.39 is 0 Å². The van der Waals surface area contributed by atoms with Gasteiger partial charge in [-0.15, -0.1) is 0 Å².